The molecule has 18 heavy (non-hydrogen) atoms. The molecule has 0 aliphatic heterocycles. The zero-order chi connectivity index (χ0) is 13.4. The van der Waals surface area contributed by atoms with Crippen LogP contribution in [0.4, 0.5) is 0 Å². The molecule has 0 saturated heterocycles. The van der Waals surface area contributed by atoms with Gasteiger partial charge >= 0.3 is 0 Å². The van der Waals surface area contributed by atoms with E-state index in [1.165, 1.54) is 51.4 Å². The molecular weight excluding hydrogens is 216 g/mol. The van der Waals surface area contributed by atoms with E-state index < -0.39 is 0 Å². The molecule has 2 fully saturated rings. The van der Waals surface area contributed by atoms with Gasteiger partial charge in [0.05, 0.1) is 0 Å². The largest absolute Gasteiger partial charge is 0.0622 e. The van der Waals surface area contributed by atoms with Crippen molar-refractivity contribution in [1.82, 2.24) is 0 Å². The van der Waals surface area contributed by atoms with Gasteiger partial charge in [-0.05, 0) is 67.1 Å². The van der Waals surface area contributed by atoms with Gasteiger partial charge in [-0.15, -0.1) is 0 Å². The van der Waals surface area contributed by atoms with Crippen LogP contribution in [0.2, 0.25) is 0 Å². The fourth-order valence-electron chi connectivity index (χ4n) is 4.83. The third-order valence-electron chi connectivity index (χ3n) is 6.35. The van der Waals surface area contributed by atoms with E-state index in [4.69, 9.17) is 0 Å². The predicted molar refractivity (Wildman–Crippen MR) is 80.6 cm³/mol. The monoisotopic (exact) mass is 250 g/mol. The molecular formula is C18H34. The van der Waals surface area contributed by atoms with Crippen LogP contribution in [0.1, 0.15) is 86.0 Å². The summed E-state index contributed by atoms with van der Waals surface area (Å²) in [4.78, 5) is 0. The van der Waals surface area contributed by atoms with E-state index in [-0.39, 0.29) is 0 Å². The van der Waals surface area contributed by atoms with Crippen LogP contribution in [-0.4, -0.2) is 0 Å². The molecule has 3 atom stereocenters. The van der Waals surface area contributed by atoms with Crippen molar-refractivity contribution in [3.63, 3.8) is 0 Å². The molecule has 2 saturated carbocycles. The topological polar surface area (TPSA) is 0 Å². The summed E-state index contributed by atoms with van der Waals surface area (Å²) >= 11 is 0. The quantitative estimate of drug-likeness (QED) is 0.531. The minimum absolute atomic E-state index is 0.563. The fraction of sp³-hybridized carbons (Fsp3) is 1.00. The van der Waals surface area contributed by atoms with Crippen molar-refractivity contribution in [2.45, 2.75) is 86.0 Å². The van der Waals surface area contributed by atoms with Crippen molar-refractivity contribution < 1.29 is 0 Å². The maximum atomic E-state index is 2.62. The number of rotatable bonds is 1. The molecule has 0 heterocycles. The Morgan fingerprint density at radius 1 is 0.778 bits per heavy atom. The highest BCUT2D eigenvalue weighted by Crippen LogP contribution is 2.52. The SMILES string of the molecule is CC1CC(C)(C)CCC(C)(C2CCCC2)CC1C. The molecule has 0 heteroatoms. The van der Waals surface area contributed by atoms with Gasteiger partial charge in [0.2, 0.25) is 0 Å². The van der Waals surface area contributed by atoms with Crippen molar-refractivity contribution in [3.05, 3.63) is 0 Å². The molecule has 0 nitrogen and oxygen atoms in total. The average molecular weight is 250 g/mol. The maximum absolute atomic E-state index is 2.62. The predicted octanol–water partition coefficient (Wildman–Crippen LogP) is 6.06. The summed E-state index contributed by atoms with van der Waals surface area (Å²) in [5, 5.41) is 0. The number of hydrogen-bond donors (Lipinski definition) is 0. The Bertz CT molecular complexity index is 272. The lowest BCUT2D eigenvalue weighted by atomic mass is 9.60. The van der Waals surface area contributed by atoms with Gasteiger partial charge in [0.15, 0.2) is 0 Å². The van der Waals surface area contributed by atoms with Crippen LogP contribution in [0.25, 0.3) is 0 Å². The van der Waals surface area contributed by atoms with E-state index in [0.717, 1.165) is 17.8 Å². The maximum Gasteiger partial charge on any atom is -0.0295 e. The molecule has 0 N–H and O–H groups in total. The van der Waals surface area contributed by atoms with Gasteiger partial charge in [-0.2, -0.15) is 0 Å². The van der Waals surface area contributed by atoms with Crippen LogP contribution >= 0.6 is 0 Å². The molecule has 0 aromatic heterocycles. The second-order valence-corrected chi connectivity index (χ2v) is 8.66. The van der Waals surface area contributed by atoms with Crippen molar-refractivity contribution in [2.75, 3.05) is 0 Å². The Balaban J connectivity index is 2.14. The summed E-state index contributed by atoms with van der Waals surface area (Å²) in [6.07, 6.45) is 11.8. The third kappa shape index (κ3) is 3.11. The van der Waals surface area contributed by atoms with Gasteiger partial charge in [0.1, 0.15) is 0 Å². The van der Waals surface area contributed by atoms with E-state index in [2.05, 4.69) is 34.6 Å². The first-order valence-electron chi connectivity index (χ1n) is 8.32. The van der Waals surface area contributed by atoms with Crippen LogP contribution in [0, 0.1) is 28.6 Å². The van der Waals surface area contributed by atoms with Gasteiger partial charge in [-0.3, -0.25) is 0 Å². The van der Waals surface area contributed by atoms with Crippen LogP contribution < -0.4 is 0 Å². The van der Waals surface area contributed by atoms with Crippen LogP contribution in [0.3, 0.4) is 0 Å². The molecule has 2 rings (SSSR count). The van der Waals surface area contributed by atoms with Crippen LogP contribution in [-0.2, 0) is 0 Å². The van der Waals surface area contributed by atoms with E-state index >= 15 is 0 Å². The fourth-order valence-corrected chi connectivity index (χ4v) is 4.83. The Kier molecular flexibility index (Phi) is 4.14. The minimum atomic E-state index is 0.563. The Labute approximate surface area is 115 Å². The highest BCUT2D eigenvalue weighted by atomic mass is 14.5. The first kappa shape index (κ1) is 14.4. The standard InChI is InChI=1S/C18H34/c1-14-12-17(3,4)10-11-18(5,13-15(14)2)16-8-6-7-9-16/h14-16H,6-13H2,1-5H3. The molecule has 3 unspecified atom stereocenters. The lowest BCUT2D eigenvalue weighted by Gasteiger charge is -2.45. The first-order valence-corrected chi connectivity index (χ1v) is 8.32. The van der Waals surface area contributed by atoms with E-state index in [1.807, 2.05) is 0 Å². The van der Waals surface area contributed by atoms with Crippen LogP contribution in [0.15, 0.2) is 0 Å². The van der Waals surface area contributed by atoms with Crippen LogP contribution in [0.5, 0.6) is 0 Å². The van der Waals surface area contributed by atoms with Gasteiger partial charge in [-0.1, -0.05) is 47.5 Å². The Morgan fingerprint density at radius 3 is 1.94 bits per heavy atom. The molecule has 0 amide bonds. The summed E-state index contributed by atoms with van der Waals surface area (Å²) in [6.45, 7) is 12.6. The average Bonchev–Trinajstić information content (AvgIpc) is 2.79. The summed E-state index contributed by atoms with van der Waals surface area (Å²) in [5.74, 6) is 2.84. The highest BCUT2D eigenvalue weighted by Gasteiger charge is 2.41. The molecule has 2 aliphatic carbocycles. The highest BCUT2D eigenvalue weighted by molar-refractivity contribution is 4.91. The van der Waals surface area contributed by atoms with Crippen molar-refractivity contribution >= 4 is 0 Å². The lowest BCUT2D eigenvalue weighted by molar-refractivity contribution is 0.0547. The second-order valence-electron chi connectivity index (χ2n) is 8.66. The van der Waals surface area contributed by atoms with Gasteiger partial charge in [-0.25, -0.2) is 0 Å². The zero-order valence-corrected chi connectivity index (χ0v) is 13.4. The Morgan fingerprint density at radius 2 is 1.33 bits per heavy atom. The normalized spacial score (nSPS) is 42.5. The lowest BCUT2D eigenvalue weighted by Crippen LogP contribution is -2.35. The van der Waals surface area contributed by atoms with Crippen molar-refractivity contribution in [3.8, 4) is 0 Å². The van der Waals surface area contributed by atoms with Gasteiger partial charge in [0, 0.05) is 0 Å². The summed E-state index contributed by atoms with van der Waals surface area (Å²) < 4.78 is 0. The molecule has 0 radical (unpaired) electrons. The molecule has 0 spiro atoms. The molecule has 0 bridgehead atoms. The second kappa shape index (κ2) is 5.17. The summed E-state index contributed by atoms with van der Waals surface area (Å²) in [7, 11) is 0. The van der Waals surface area contributed by atoms with Crippen molar-refractivity contribution in [2.24, 2.45) is 28.6 Å². The summed E-state index contributed by atoms with van der Waals surface area (Å²) in [5.41, 5.74) is 1.20. The van der Waals surface area contributed by atoms with Gasteiger partial charge in [0.25, 0.3) is 0 Å². The number of hydrogen-bond acceptors (Lipinski definition) is 0. The van der Waals surface area contributed by atoms with E-state index in [9.17, 15) is 0 Å². The molecule has 0 aromatic rings. The van der Waals surface area contributed by atoms with E-state index in [1.54, 1.807) is 0 Å². The zero-order valence-electron chi connectivity index (χ0n) is 13.4. The summed E-state index contributed by atoms with van der Waals surface area (Å²) in [6, 6.07) is 0. The minimum Gasteiger partial charge on any atom is -0.0622 e. The smallest absolute Gasteiger partial charge is 0.0295 e. The van der Waals surface area contributed by atoms with Crippen molar-refractivity contribution in [1.29, 1.82) is 0 Å². The Hall–Kier alpha value is 0. The molecule has 0 aromatic carbocycles. The molecule has 2 aliphatic rings. The first-order chi connectivity index (χ1) is 8.32. The third-order valence-corrected chi connectivity index (χ3v) is 6.35. The molecule has 106 valence electrons. The van der Waals surface area contributed by atoms with E-state index in [0.29, 0.717) is 10.8 Å². The van der Waals surface area contributed by atoms with Gasteiger partial charge < -0.3 is 0 Å².